The molecule has 0 aliphatic carbocycles. The Bertz CT molecular complexity index is 896. The largest absolute Gasteiger partial charge is 0.508 e. The summed E-state index contributed by atoms with van der Waals surface area (Å²) in [7, 11) is 1.49. The third-order valence-corrected chi connectivity index (χ3v) is 3.61. The van der Waals surface area contributed by atoms with Gasteiger partial charge in [0, 0.05) is 6.07 Å². The fraction of sp³-hybridized carbons (Fsp3) is 0.133. The van der Waals surface area contributed by atoms with Gasteiger partial charge in [0.15, 0.2) is 5.58 Å². The third kappa shape index (κ3) is 1.72. The van der Waals surface area contributed by atoms with Gasteiger partial charge in [-0.1, -0.05) is 11.6 Å². The van der Waals surface area contributed by atoms with E-state index in [1.54, 1.807) is 19.1 Å². The smallest absolute Gasteiger partial charge is 0.200 e. The van der Waals surface area contributed by atoms with E-state index in [0.717, 1.165) is 0 Å². The summed E-state index contributed by atoms with van der Waals surface area (Å²) >= 11 is 6.17. The van der Waals surface area contributed by atoms with Crippen LogP contribution in [0.3, 0.4) is 0 Å². The molecular weight excluding hydrogens is 280 g/mol. The zero-order valence-electron chi connectivity index (χ0n) is 10.9. The molecule has 0 saturated heterocycles. The van der Waals surface area contributed by atoms with Gasteiger partial charge in [-0.2, -0.15) is 0 Å². The van der Waals surface area contributed by atoms with Gasteiger partial charge in [-0.05, 0) is 30.7 Å². The lowest BCUT2D eigenvalue weighted by Crippen LogP contribution is -2.04. The Labute approximate surface area is 119 Å². The number of phenolic OH excluding ortho intramolecular Hbond substituents is 1. The van der Waals surface area contributed by atoms with Gasteiger partial charge in [0.05, 0.1) is 17.9 Å². The van der Waals surface area contributed by atoms with Gasteiger partial charge >= 0.3 is 0 Å². The number of hydrogen-bond acceptors (Lipinski definition) is 4. The third-order valence-electron chi connectivity index (χ3n) is 3.25. The zero-order chi connectivity index (χ0) is 14.4. The van der Waals surface area contributed by atoms with Crippen molar-refractivity contribution < 1.29 is 14.3 Å². The highest BCUT2D eigenvalue weighted by atomic mass is 35.5. The summed E-state index contributed by atoms with van der Waals surface area (Å²) in [5, 5.41) is 10.7. The molecule has 0 atom stereocenters. The average molecular weight is 291 g/mol. The Hall–Kier alpha value is -2.20. The van der Waals surface area contributed by atoms with Crippen molar-refractivity contribution in [3.05, 3.63) is 45.1 Å². The highest BCUT2D eigenvalue weighted by Gasteiger charge is 2.15. The predicted molar refractivity (Wildman–Crippen MR) is 78.0 cm³/mol. The van der Waals surface area contributed by atoms with Crippen LogP contribution in [0, 0.1) is 6.92 Å². The van der Waals surface area contributed by atoms with Crippen LogP contribution in [-0.2, 0) is 0 Å². The molecule has 0 aliphatic rings. The van der Waals surface area contributed by atoms with Crippen molar-refractivity contribution in [2.45, 2.75) is 6.92 Å². The maximum absolute atomic E-state index is 12.5. The SMILES string of the molecule is COc1ccc2c(=O)c3c(C)cc(O)cc3oc2c1Cl. The summed E-state index contributed by atoms with van der Waals surface area (Å²) < 4.78 is 10.8. The van der Waals surface area contributed by atoms with Crippen LogP contribution in [0.5, 0.6) is 11.5 Å². The Kier molecular flexibility index (Phi) is 2.83. The zero-order valence-corrected chi connectivity index (χ0v) is 11.6. The Morgan fingerprint density at radius 1 is 1.30 bits per heavy atom. The van der Waals surface area contributed by atoms with Crippen LogP contribution < -0.4 is 10.2 Å². The van der Waals surface area contributed by atoms with E-state index in [0.29, 0.717) is 27.7 Å². The van der Waals surface area contributed by atoms with Crippen LogP contribution in [0.25, 0.3) is 21.9 Å². The fourth-order valence-electron chi connectivity index (χ4n) is 2.33. The van der Waals surface area contributed by atoms with Crippen molar-refractivity contribution in [1.82, 2.24) is 0 Å². The van der Waals surface area contributed by atoms with E-state index in [4.69, 9.17) is 20.8 Å². The molecule has 20 heavy (non-hydrogen) atoms. The molecule has 0 amide bonds. The molecule has 0 unspecified atom stereocenters. The maximum Gasteiger partial charge on any atom is 0.200 e. The lowest BCUT2D eigenvalue weighted by molar-refractivity contribution is 0.415. The van der Waals surface area contributed by atoms with Crippen LogP contribution in [0.4, 0.5) is 0 Å². The first-order valence-corrected chi connectivity index (χ1v) is 6.33. The minimum absolute atomic E-state index is 0.0384. The summed E-state index contributed by atoms with van der Waals surface area (Å²) in [5.41, 5.74) is 1.04. The summed E-state index contributed by atoms with van der Waals surface area (Å²) in [6.07, 6.45) is 0. The van der Waals surface area contributed by atoms with Gasteiger partial charge in [-0.3, -0.25) is 4.79 Å². The lowest BCUT2D eigenvalue weighted by Gasteiger charge is -2.08. The maximum atomic E-state index is 12.5. The van der Waals surface area contributed by atoms with E-state index in [9.17, 15) is 9.90 Å². The van der Waals surface area contributed by atoms with E-state index in [2.05, 4.69) is 0 Å². The number of ether oxygens (including phenoxy) is 1. The number of methoxy groups -OCH3 is 1. The Morgan fingerprint density at radius 3 is 2.75 bits per heavy atom. The molecular formula is C15H11ClO4. The summed E-state index contributed by atoms with van der Waals surface area (Å²) in [6, 6.07) is 6.18. The van der Waals surface area contributed by atoms with Crippen molar-refractivity contribution in [2.24, 2.45) is 0 Å². The second-order valence-corrected chi connectivity index (χ2v) is 4.90. The van der Waals surface area contributed by atoms with Gasteiger partial charge in [0.1, 0.15) is 22.1 Å². The lowest BCUT2D eigenvalue weighted by atomic mass is 10.1. The Morgan fingerprint density at radius 2 is 2.05 bits per heavy atom. The molecule has 0 fully saturated rings. The van der Waals surface area contributed by atoms with Gasteiger partial charge in [0.2, 0.25) is 5.43 Å². The number of rotatable bonds is 1. The number of benzene rings is 2. The van der Waals surface area contributed by atoms with E-state index in [1.807, 2.05) is 0 Å². The minimum atomic E-state index is -0.177. The molecule has 5 heteroatoms. The topological polar surface area (TPSA) is 59.7 Å². The molecule has 3 aromatic rings. The van der Waals surface area contributed by atoms with E-state index in [1.165, 1.54) is 19.2 Å². The second-order valence-electron chi connectivity index (χ2n) is 4.53. The van der Waals surface area contributed by atoms with Crippen molar-refractivity contribution in [3.8, 4) is 11.5 Å². The highest BCUT2D eigenvalue weighted by molar-refractivity contribution is 6.36. The van der Waals surface area contributed by atoms with Gasteiger partial charge < -0.3 is 14.3 Å². The first kappa shape index (κ1) is 12.8. The summed E-state index contributed by atoms with van der Waals surface area (Å²) in [4.78, 5) is 12.5. The number of aromatic hydroxyl groups is 1. The van der Waals surface area contributed by atoms with Gasteiger partial charge in [-0.25, -0.2) is 0 Å². The molecule has 3 rings (SSSR count). The molecule has 102 valence electrons. The van der Waals surface area contributed by atoms with Crippen LogP contribution in [0.15, 0.2) is 33.5 Å². The molecule has 1 N–H and O–H groups in total. The van der Waals surface area contributed by atoms with Gasteiger partial charge in [0.25, 0.3) is 0 Å². The van der Waals surface area contributed by atoms with Crippen LogP contribution in [0.2, 0.25) is 5.02 Å². The highest BCUT2D eigenvalue weighted by Crippen LogP contribution is 2.34. The first-order chi connectivity index (χ1) is 9.52. The molecule has 1 heterocycles. The number of hydrogen-bond donors (Lipinski definition) is 1. The van der Waals surface area contributed by atoms with Crippen molar-refractivity contribution in [1.29, 1.82) is 0 Å². The molecule has 0 bridgehead atoms. The minimum Gasteiger partial charge on any atom is -0.508 e. The van der Waals surface area contributed by atoms with Gasteiger partial charge in [-0.15, -0.1) is 0 Å². The monoisotopic (exact) mass is 290 g/mol. The molecule has 0 aliphatic heterocycles. The van der Waals surface area contributed by atoms with Crippen LogP contribution in [0.1, 0.15) is 5.56 Å². The van der Waals surface area contributed by atoms with Crippen molar-refractivity contribution in [2.75, 3.05) is 7.11 Å². The van der Waals surface area contributed by atoms with Crippen molar-refractivity contribution >= 4 is 33.5 Å². The van der Waals surface area contributed by atoms with E-state index >= 15 is 0 Å². The first-order valence-electron chi connectivity index (χ1n) is 5.95. The van der Waals surface area contributed by atoms with Crippen LogP contribution >= 0.6 is 11.6 Å². The van der Waals surface area contributed by atoms with Crippen LogP contribution in [-0.4, -0.2) is 12.2 Å². The molecule has 2 aromatic carbocycles. The average Bonchev–Trinajstić information content (AvgIpc) is 2.39. The van der Waals surface area contributed by atoms with Crippen molar-refractivity contribution in [3.63, 3.8) is 0 Å². The normalized spacial score (nSPS) is 11.2. The second kappa shape index (κ2) is 4.42. The molecule has 0 spiro atoms. The number of halogens is 1. The predicted octanol–water partition coefficient (Wildman–Crippen LogP) is 3.62. The molecule has 0 saturated carbocycles. The quantitative estimate of drug-likeness (QED) is 0.695. The molecule has 0 radical (unpaired) electrons. The Balaban J connectivity index is 2.57. The molecule has 4 nitrogen and oxygen atoms in total. The number of phenols is 1. The fourth-order valence-corrected chi connectivity index (χ4v) is 2.61. The van der Waals surface area contributed by atoms with E-state index in [-0.39, 0.29) is 21.8 Å². The van der Waals surface area contributed by atoms with E-state index < -0.39 is 0 Å². The summed E-state index contributed by atoms with van der Waals surface area (Å²) in [5.74, 6) is 0.468. The molecule has 1 aromatic heterocycles. The summed E-state index contributed by atoms with van der Waals surface area (Å²) in [6.45, 7) is 1.75. The number of aryl methyl sites for hydroxylation is 1. The standard InChI is InChI=1S/C15H11ClO4/c1-7-5-8(17)6-11-12(7)14(18)9-3-4-10(19-2)13(16)15(9)20-11/h3-6,17H,1-2H3. The number of fused-ring (bicyclic) bond motifs is 2.